The molecule has 0 aliphatic heterocycles. The second kappa shape index (κ2) is 5.77. The van der Waals surface area contributed by atoms with Crippen molar-refractivity contribution in [1.29, 1.82) is 0 Å². The van der Waals surface area contributed by atoms with Gasteiger partial charge in [0.1, 0.15) is 10.6 Å². The van der Waals surface area contributed by atoms with Gasteiger partial charge in [0.05, 0.1) is 7.11 Å². The second-order valence-electron chi connectivity index (χ2n) is 5.06. The highest BCUT2D eigenvalue weighted by Crippen LogP contribution is 2.28. The van der Waals surface area contributed by atoms with Crippen LogP contribution in [0.1, 0.15) is 16.7 Å². The van der Waals surface area contributed by atoms with Gasteiger partial charge in [-0.05, 0) is 56.2 Å². The molecule has 0 atom stereocenters. The van der Waals surface area contributed by atoms with Crippen LogP contribution in [0.25, 0.3) is 0 Å². The van der Waals surface area contributed by atoms with Crippen molar-refractivity contribution in [2.75, 3.05) is 11.8 Å². The molecule has 5 heteroatoms. The molecule has 112 valence electrons. The molecule has 21 heavy (non-hydrogen) atoms. The van der Waals surface area contributed by atoms with E-state index in [1.807, 2.05) is 32.9 Å². The van der Waals surface area contributed by atoms with Crippen molar-refractivity contribution in [3.63, 3.8) is 0 Å². The molecule has 0 aliphatic carbocycles. The van der Waals surface area contributed by atoms with Gasteiger partial charge in [0.15, 0.2) is 0 Å². The molecular weight excluding hydrogens is 286 g/mol. The smallest absolute Gasteiger partial charge is 0.265 e. The van der Waals surface area contributed by atoms with E-state index in [4.69, 9.17) is 4.74 Å². The summed E-state index contributed by atoms with van der Waals surface area (Å²) in [4.78, 5) is 0.147. The first-order valence-corrected chi connectivity index (χ1v) is 8.06. The zero-order chi connectivity index (χ0) is 15.6. The lowest BCUT2D eigenvalue weighted by molar-refractivity contribution is 0.402. The highest BCUT2D eigenvalue weighted by molar-refractivity contribution is 7.92. The molecule has 0 unspecified atom stereocenters. The van der Waals surface area contributed by atoms with E-state index < -0.39 is 10.0 Å². The lowest BCUT2D eigenvalue weighted by Crippen LogP contribution is -2.14. The second-order valence-corrected chi connectivity index (χ2v) is 6.71. The minimum Gasteiger partial charge on any atom is -0.495 e. The van der Waals surface area contributed by atoms with Gasteiger partial charge < -0.3 is 4.74 Å². The van der Waals surface area contributed by atoms with Gasteiger partial charge in [-0.2, -0.15) is 0 Å². The topological polar surface area (TPSA) is 55.4 Å². The molecule has 0 bridgehead atoms. The lowest BCUT2D eigenvalue weighted by Gasteiger charge is -2.14. The summed E-state index contributed by atoms with van der Waals surface area (Å²) in [7, 11) is -2.22. The molecule has 0 saturated heterocycles. The monoisotopic (exact) mass is 305 g/mol. The van der Waals surface area contributed by atoms with Crippen molar-refractivity contribution in [3.8, 4) is 5.75 Å². The summed E-state index contributed by atoms with van der Waals surface area (Å²) in [6.45, 7) is 5.74. The molecule has 0 saturated carbocycles. The minimum atomic E-state index is -3.68. The van der Waals surface area contributed by atoms with Crippen LogP contribution in [-0.2, 0) is 10.0 Å². The summed E-state index contributed by atoms with van der Waals surface area (Å²) in [5.74, 6) is 0.345. The molecule has 0 radical (unpaired) electrons. The van der Waals surface area contributed by atoms with Crippen molar-refractivity contribution in [1.82, 2.24) is 0 Å². The number of sulfonamides is 1. The van der Waals surface area contributed by atoms with E-state index >= 15 is 0 Å². The molecule has 2 aromatic rings. The number of methoxy groups -OCH3 is 1. The van der Waals surface area contributed by atoms with E-state index in [2.05, 4.69) is 4.72 Å². The number of nitrogens with one attached hydrogen (secondary N) is 1. The van der Waals surface area contributed by atoms with Crippen LogP contribution in [0, 0.1) is 20.8 Å². The quantitative estimate of drug-likeness (QED) is 0.941. The van der Waals surface area contributed by atoms with E-state index in [9.17, 15) is 8.42 Å². The predicted octanol–water partition coefficient (Wildman–Crippen LogP) is 3.42. The number of hydrogen-bond acceptors (Lipinski definition) is 3. The molecule has 2 aromatic carbocycles. The van der Waals surface area contributed by atoms with Crippen LogP contribution < -0.4 is 9.46 Å². The molecule has 1 N–H and O–H groups in total. The summed E-state index contributed by atoms with van der Waals surface area (Å²) in [6.07, 6.45) is 0. The van der Waals surface area contributed by atoms with Crippen LogP contribution in [0.3, 0.4) is 0 Å². The van der Waals surface area contributed by atoms with E-state index in [-0.39, 0.29) is 4.90 Å². The number of anilines is 1. The van der Waals surface area contributed by atoms with Gasteiger partial charge in [-0.15, -0.1) is 0 Å². The zero-order valence-electron chi connectivity index (χ0n) is 12.6. The summed E-state index contributed by atoms with van der Waals surface area (Å²) in [5, 5.41) is 0. The van der Waals surface area contributed by atoms with Crippen LogP contribution in [0.5, 0.6) is 5.75 Å². The van der Waals surface area contributed by atoms with Gasteiger partial charge in [-0.1, -0.05) is 17.7 Å². The molecule has 2 rings (SSSR count). The Balaban J connectivity index is 2.44. The van der Waals surface area contributed by atoms with Crippen molar-refractivity contribution < 1.29 is 13.2 Å². The molecule has 0 aliphatic rings. The van der Waals surface area contributed by atoms with E-state index in [0.717, 1.165) is 16.7 Å². The summed E-state index contributed by atoms with van der Waals surface area (Å²) >= 11 is 0. The van der Waals surface area contributed by atoms with Crippen LogP contribution in [0.15, 0.2) is 41.3 Å². The van der Waals surface area contributed by atoms with Crippen molar-refractivity contribution in [2.45, 2.75) is 25.7 Å². The lowest BCUT2D eigenvalue weighted by atomic mass is 10.1. The van der Waals surface area contributed by atoms with Gasteiger partial charge in [-0.25, -0.2) is 8.42 Å². The Labute approximate surface area is 125 Å². The Morgan fingerprint density at radius 3 is 2.10 bits per heavy atom. The van der Waals surface area contributed by atoms with Crippen molar-refractivity contribution >= 4 is 15.7 Å². The summed E-state index contributed by atoms with van der Waals surface area (Å²) in [5.41, 5.74) is 3.49. The minimum absolute atomic E-state index is 0.147. The SMILES string of the molecule is COc1cc(C)c(C)cc1S(=O)(=O)Nc1ccc(C)cc1. The van der Waals surface area contributed by atoms with Crippen molar-refractivity contribution in [2.24, 2.45) is 0 Å². The Kier molecular flexibility index (Phi) is 4.23. The van der Waals surface area contributed by atoms with Crippen LogP contribution in [0.2, 0.25) is 0 Å². The Morgan fingerprint density at radius 2 is 1.52 bits per heavy atom. The number of benzene rings is 2. The fourth-order valence-corrected chi connectivity index (χ4v) is 3.26. The first-order valence-electron chi connectivity index (χ1n) is 6.58. The molecular formula is C16H19NO3S. The normalized spacial score (nSPS) is 11.2. The van der Waals surface area contributed by atoms with Gasteiger partial charge in [0, 0.05) is 5.69 Å². The first-order chi connectivity index (χ1) is 9.83. The van der Waals surface area contributed by atoms with E-state index in [1.165, 1.54) is 7.11 Å². The molecule has 4 nitrogen and oxygen atoms in total. The highest BCUT2D eigenvalue weighted by Gasteiger charge is 2.20. The maximum atomic E-state index is 12.5. The molecule has 0 aromatic heterocycles. The summed E-state index contributed by atoms with van der Waals surface area (Å²) in [6, 6.07) is 10.6. The highest BCUT2D eigenvalue weighted by atomic mass is 32.2. The number of ether oxygens (including phenoxy) is 1. The van der Waals surface area contributed by atoms with Crippen LogP contribution in [0.4, 0.5) is 5.69 Å². The Hall–Kier alpha value is -2.01. The predicted molar refractivity (Wildman–Crippen MR) is 84.5 cm³/mol. The molecule has 0 amide bonds. The average Bonchev–Trinajstić information content (AvgIpc) is 2.43. The third-order valence-corrected chi connectivity index (χ3v) is 4.78. The number of aryl methyl sites for hydroxylation is 3. The third-order valence-electron chi connectivity index (χ3n) is 3.37. The standard InChI is InChI=1S/C16H19NO3S/c1-11-5-7-14(8-6-11)17-21(18,19)16-10-13(3)12(2)9-15(16)20-4/h5-10,17H,1-4H3. The maximum Gasteiger partial charge on any atom is 0.265 e. The summed E-state index contributed by atoms with van der Waals surface area (Å²) < 4.78 is 32.9. The number of hydrogen-bond donors (Lipinski definition) is 1. The fourth-order valence-electron chi connectivity index (χ4n) is 1.96. The van der Waals surface area contributed by atoms with Crippen molar-refractivity contribution in [3.05, 3.63) is 53.1 Å². The first kappa shape index (κ1) is 15.4. The molecule has 0 heterocycles. The zero-order valence-corrected chi connectivity index (χ0v) is 13.4. The largest absolute Gasteiger partial charge is 0.495 e. The average molecular weight is 305 g/mol. The fraction of sp³-hybridized carbons (Fsp3) is 0.250. The van der Waals surface area contributed by atoms with E-state index in [0.29, 0.717) is 11.4 Å². The Bertz CT molecular complexity index is 750. The van der Waals surface area contributed by atoms with Crippen LogP contribution >= 0.6 is 0 Å². The molecule has 0 fully saturated rings. The van der Waals surface area contributed by atoms with Crippen LogP contribution in [-0.4, -0.2) is 15.5 Å². The van der Waals surface area contributed by atoms with Gasteiger partial charge in [0.2, 0.25) is 0 Å². The Morgan fingerprint density at radius 1 is 0.952 bits per heavy atom. The van der Waals surface area contributed by atoms with Gasteiger partial charge in [-0.3, -0.25) is 4.72 Å². The number of rotatable bonds is 4. The van der Waals surface area contributed by atoms with Gasteiger partial charge in [0.25, 0.3) is 10.0 Å². The van der Waals surface area contributed by atoms with E-state index in [1.54, 1.807) is 24.3 Å². The molecule has 0 spiro atoms. The maximum absolute atomic E-state index is 12.5. The van der Waals surface area contributed by atoms with Gasteiger partial charge >= 0.3 is 0 Å². The third kappa shape index (κ3) is 3.36.